The number of nitrogens with one attached hydrogen (secondary N) is 1. The molecule has 0 bridgehead atoms. The molecule has 0 aliphatic rings. The Morgan fingerprint density at radius 3 is 2.68 bits per heavy atom. The van der Waals surface area contributed by atoms with E-state index in [1.165, 1.54) is 6.92 Å². The number of nitrogens with zero attached hydrogens (tertiary/aromatic N) is 1. The van der Waals surface area contributed by atoms with Gasteiger partial charge in [-0.15, -0.1) is 0 Å². The number of hydrogen-bond acceptors (Lipinski definition) is 5. The van der Waals surface area contributed by atoms with E-state index in [2.05, 4.69) is 10.5 Å². The van der Waals surface area contributed by atoms with Gasteiger partial charge in [-0.3, -0.25) is 9.59 Å². The first-order chi connectivity index (χ1) is 11.8. The Morgan fingerprint density at radius 1 is 1.32 bits per heavy atom. The van der Waals surface area contributed by atoms with Crippen molar-refractivity contribution in [3.8, 4) is 0 Å². The van der Waals surface area contributed by atoms with Gasteiger partial charge in [0.05, 0.1) is 5.69 Å². The average Bonchev–Trinajstić information content (AvgIpc) is 2.88. The molecule has 0 spiro atoms. The fourth-order valence-corrected chi connectivity index (χ4v) is 2.55. The van der Waals surface area contributed by atoms with Crippen LogP contribution in [-0.2, 0) is 20.7 Å². The second-order valence-corrected chi connectivity index (χ2v) is 6.24. The van der Waals surface area contributed by atoms with Crippen LogP contribution in [0.1, 0.15) is 35.9 Å². The second kappa shape index (κ2) is 8.16. The number of ether oxygens (including phenoxy) is 1. The quantitative estimate of drug-likeness (QED) is 0.789. The molecule has 1 aromatic carbocycles. The van der Waals surface area contributed by atoms with Crippen LogP contribution in [0, 0.1) is 20.8 Å². The fraction of sp³-hybridized carbons (Fsp3) is 0.389. The average molecular weight is 365 g/mol. The molecule has 134 valence electrons. The Morgan fingerprint density at radius 2 is 2.04 bits per heavy atom. The zero-order chi connectivity index (χ0) is 18.6. The molecule has 0 saturated heterocycles. The normalized spacial score (nSPS) is 11.9. The first-order valence-corrected chi connectivity index (χ1v) is 8.34. The van der Waals surface area contributed by atoms with Crippen LogP contribution >= 0.6 is 11.6 Å². The van der Waals surface area contributed by atoms with Crippen molar-refractivity contribution in [3.05, 3.63) is 45.8 Å². The number of carbonyl (C=O) groups excluding carboxylic acids is 2. The minimum Gasteiger partial charge on any atom is -0.453 e. The zero-order valence-electron chi connectivity index (χ0n) is 14.7. The monoisotopic (exact) mass is 364 g/mol. The van der Waals surface area contributed by atoms with Gasteiger partial charge in [-0.05, 0) is 51.8 Å². The number of carbonyl (C=O) groups is 2. The molecule has 0 aliphatic heterocycles. The van der Waals surface area contributed by atoms with Gasteiger partial charge in [0.15, 0.2) is 6.10 Å². The summed E-state index contributed by atoms with van der Waals surface area (Å²) in [6, 6.07) is 5.22. The highest BCUT2D eigenvalue weighted by molar-refractivity contribution is 6.31. The lowest BCUT2D eigenvalue weighted by molar-refractivity contribution is -0.153. The summed E-state index contributed by atoms with van der Waals surface area (Å²) in [5.41, 5.74) is 3.00. The summed E-state index contributed by atoms with van der Waals surface area (Å²) < 4.78 is 10.3. The zero-order valence-corrected chi connectivity index (χ0v) is 15.4. The van der Waals surface area contributed by atoms with E-state index in [9.17, 15) is 9.59 Å². The van der Waals surface area contributed by atoms with Gasteiger partial charge < -0.3 is 14.6 Å². The molecule has 6 nitrogen and oxygen atoms in total. The van der Waals surface area contributed by atoms with E-state index in [1.807, 2.05) is 6.92 Å². The number of amides is 1. The van der Waals surface area contributed by atoms with Gasteiger partial charge in [0.2, 0.25) is 0 Å². The summed E-state index contributed by atoms with van der Waals surface area (Å²) in [6.45, 7) is 6.95. The molecule has 7 heteroatoms. The van der Waals surface area contributed by atoms with E-state index < -0.39 is 18.0 Å². The van der Waals surface area contributed by atoms with Crippen LogP contribution in [0.2, 0.25) is 5.02 Å². The molecule has 1 atom stereocenters. The highest BCUT2D eigenvalue weighted by Gasteiger charge is 2.19. The number of anilines is 1. The molecule has 0 radical (unpaired) electrons. The van der Waals surface area contributed by atoms with Crippen molar-refractivity contribution in [1.29, 1.82) is 0 Å². The molecule has 1 heterocycles. The summed E-state index contributed by atoms with van der Waals surface area (Å²) in [6.07, 6.45) is -0.297. The highest BCUT2D eigenvalue weighted by atomic mass is 35.5. The largest absolute Gasteiger partial charge is 0.453 e. The Hall–Kier alpha value is -2.34. The van der Waals surface area contributed by atoms with Crippen molar-refractivity contribution in [3.63, 3.8) is 0 Å². The molecular weight excluding hydrogens is 344 g/mol. The van der Waals surface area contributed by atoms with E-state index in [-0.39, 0.29) is 6.42 Å². The molecule has 25 heavy (non-hydrogen) atoms. The molecule has 0 unspecified atom stereocenters. The summed E-state index contributed by atoms with van der Waals surface area (Å²) in [7, 11) is 0. The Labute approximate surface area is 151 Å². The molecule has 1 N–H and O–H groups in total. The minimum absolute atomic E-state index is 0.150. The van der Waals surface area contributed by atoms with Gasteiger partial charge >= 0.3 is 5.97 Å². The maximum atomic E-state index is 12.2. The smallest absolute Gasteiger partial charge is 0.306 e. The number of halogens is 1. The van der Waals surface area contributed by atoms with E-state index in [1.54, 1.807) is 32.0 Å². The maximum absolute atomic E-state index is 12.2. The van der Waals surface area contributed by atoms with Crippen molar-refractivity contribution in [2.45, 2.75) is 46.6 Å². The van der Waals surface area contributed by atoms with E-state index >= 15 is 0 Å². The lowest BCUT2D eigenvalue weighted by Crippen LogP contribution is -2.30. The molecule has 2 rings (SSSR count). The number of aromatic nitrogens is 1. The first kappa shape index (κ1) is 19.0. The van der Waals surface area contributed by atoms with Crippen molar-refractivity contribution < 1.29 is 18.8 Å². The van der Waals surface area contributed by atoms with Crippen molar-refractivity contribution in [2.24, 2.45) is 0 Å². The predicted octanol–water partition coefficient (Wildman–Crippen LogP) is 3.76. The minimum atomic E-state index is -0.907. The summed E-state index contributed by atoms with van der Waals surface area (Å²) in [5.74, 6) is -0.172. The van der Waals surface area contributed by atoms with Gasteiger partial charge in [-0.2, -0.15) is 0 Å². The summed E-state index contributed by atoms with van der Waals surface area (Å²) in [5, 5.41) is 7.12. The Bertz CT molecular complexity index is 766. The topological polar surface area (TPSA) is 81.4 Å². The number of esters is 1. The van der Waals surface area contributed by atoms with Crippen LogP contribution in [0.3, 0.4) is 0 Å². The molecule has 0 aliphatic carbocycles. The van der Waals surface area contributed by atoms with Gasteiger partial charge in [-0.1, -0.05) is 22.8 Å². The van der Waals surface area contributed by atoms with Crippen LogP contribution in [0.5, 0.6) is 0 Å². The van der Waals surface area contributed by atoms with E-state index in [4.69, 9.17) is 20.9 Å². The predicted molar refractivity (Wildman–Crippen MR) is 94.7 cm³/mol. The van der Waals surface area contributed by atoms with Crippen molar-refractivity contribution >= 4 is 29.2 Å². The standard InChI is InChI=1S/C18H21ClN2O4/c1-10-15(19)6-5-7-16(10)20-18(23)13(4)24-17(22)9-8-14-11(2)21-25-12(14)3/h5-7,13H,8-9H2,1-4H3,(H,20,23)/t13-/m1/s1. The third-order valence-electron chi connectivity index (χ3n) is 3.96. The molecule has 1 aromatic heterocycles. The van der Waals surface area contributed by atoms with Crippen molar-refractivity contribution in [2.75, 3.05) is 5.32 Å². The highest BCUT2D eigenvalue weighted by Crippen LogP contribution is 2.23. The van der Waals surface area contributed by atoms with Gasteiger partial charge in [0.1, 0.15) is 5.76 Å². The first-order valence-electron chi connectivity index (χ1n) is 7.96. The van der Waals surface area contributed by atoms with E-state index in [0.717, 1.165) is 16.8 Å². The van der Waals surface area contributed by atoms with Gasteiger partial charge in [0, 0.05) is 22.7 Å². The lowest BCUT2D eigenvalue weighted by Gasteiger charge is -2.15. The second-order valence-electron chi connectivity index (χ2n) is 5.84. The van der Waals surface area contributed by atoms with Crippen LogP contribution in [0.15, 0.2) is 22.7 Å². The van der Waals surface area contributed by atoms with Crippen molar-refractivity contribution in [1.82, 2.24) is 5.16 Å². The summed E-state index contributed by atoms with van der Waals surface area (Å²) >= 11 is 6.03. The van der Waals surface area contributed by atoms with Crippen LogP contribution < -0.4 is 5.32 Å². The van der Waals surface area contributed by atoms with Crippen LogP contribution in [0.25, 0.3) is 0 Å². The van der Waals surface area contributed by atoms with Crippen LogP contribution in [-0.4, -0.2) is 23.1 Å². The molecule has 2 aromatic rings. The Balaban J connectivity index is 1.88. The van der Waals surface area contributed by atoms with E-state index in [0.29, 0.717) is 22.9 Å². The van der Waals surface area contributed by atoms with Gasteiger partial charge in [0.25, 0.3) is 5.91 Å². The van der Waals surface area contributed by atoms with Gasteiger partial charge in [-0.25, -0.2) is 0 Å². The number of hydrogen-bond donors (Lipinski definition) is 1. The maximum Gasteiger partial charge on any atom is 0.306 e. The molecule has 0 fully saturated rings. The molecule has 1 amide bonds. The number of aryl methyl sites for hydroxylation is 2. The Kier molecular flexibility index (Phi) is 6.20. The number of rotatable bonds is 6. The molecule has 0 saturated carbocycles. The third kappa shape index (κ3) is 4.82. The summed E-state index contributed by atoms with van der Waals surface area (Å²) in [4.78, 5) is 24.2. The van der Waals surface area contributed by atoms with Crippen LogP contribution in [0.4, 0.5) is 5.69 Å². The number of benzene rings is 1. The lowest BCUT2D eigenvalue weighted by atomic mass is 10.1. The third-order valence-corrected chi connectivity index (χ3v) is 4.37. The SMILES string of the molecule is Cc1noc(C)c1CCC(=O)O[C@H](C)C(=O)Nc1cccc(Cl)c1C. The molecular formula is C18H21ClN2O4. The fourth-order valence-electron chi connectivity index (χ4n) is 2.37.